The molecule has 1 aromatic heterocycles. The minimum atomic E-state index is -3.62. The van der Waals surface area contributed by atoms with Gasteiger partial charge in [-0.15, -0.1) is 11.3 Å². The summed E-state index contributed by atoms with van der Waals surface area (Å²) in [5.74, 6) is -0.909. The van der Waals surface area contributed by atoms with Gasteiger partial charge in [0.05, 0.1) is 9.20 Å². The van der Waals surface area contributed by atoms with E-state index in [9.17, 15) is 18.3 Å². The monoisotopic (exact) mass is 395 g/mol. The Labute approximate surface area is 137 Å². The van der Waals surface area contributed by atoms with Crippen molar-refractivity contribution >= 4 is 43.3 Å². The van der Waals surface area contributed by atoms with E-state index in [0.29, 0.717) is 25.8 Å². The third-order valence-corrected chi connectivity index (χ3v) is 8.53. The molecule has 5 nitrogen and oxygen atoms in total. The molecule has 0 aliphatic carbocycles. The zero-order chi connectivity index (χ0) is 15.8. The maximum absolute atomic E-state index is 12.7. The van der Waals surface area contributed by atoms with E-state index in [4.69, 9.17) is 0 Å². The van der Waals surface area contributed by atoms with Gasteiger partial charge in [0.1, 0.15) is 4.21 Å². The lowest BCUT2D eigenvalue weighted by atomic mass is 9.78. The molecular formula is C13H18BrNO4S2. The molecule has 2 heterocycles. The third-order valence-electron chi connectivity index (χ3n) is 4.10. The van der Waals surface area contributed by atoms with E-state index < -0.39 is 21.4 Å². The number of hydrogen-bond acceptors (Lipinski definition) is 4. The zero-order valence-corrected chi connectivity index (χ0v) is 15.1. The molecule has 1 aromatic rings. The van der Waals surface area contributed by atoms with Crippen molar-refractivity contribution in [1.29, 1.82) is 0 Å². The number of hydrogen-bond donors (Lipinski definition) is 1. The highest BCUT2D eigenvalue weighted by Gasteiger charge is 2.44. The molecule has 1 unspecified atom stereocenters. The van der Waals surface area contributed by atoms with Crippen LogP contribution in [0.3, 0.4) is 0 Å². The number of carboxylic acid groups (broad SMARTS) is 1. The average molecular weight is 396 g/mol. The van der Waals surface area contributed by atoms with Crippen molar-refractivity contribution < 1.29 is 18.3 Å². The van der Waals surface area contributed by atoms with Crippen LogP contribution in [-0.2, 0) is 14.8 Å². The van der Waals surface area contributed by atoms with Gasteiger partial charge in [0.2, 0.25) is 0 Å². The van der Waals surface area contributed by atoms with E-state index in [0.717, 1.165) is 9.35 Å². The molecule has 1 aliphatic rings. The van der Waals surface area contributed by atoms with Crippen LogP contribution < -0.4 is 0 Å². The van der Waals surface area contributed by atoms with Crippen LogP contribution in [-0.4, -0.2) is 36.9 Å². The van der Waals surface area contributed by atoms with Crippen LogP contribution in [0, 0.1) is 12.3 Å². The fourth-order valence-electron chi connectivity index (χ4n) is 2.60. The molecule has 2 rings (SSSR count). The van der Waals surface area contributed by atoms with Crippen molar-refractivity contribution in [2.24, 2.45) is 5.41 Å². The Morgan fingerprint density at radius 1 is 1.57 bits per heavy atom. The van der Waals surface area contributed by atoms with Crippen LogP contribution in [0.4, 0.5) is 0 Å². The quantitative estimate of drug-likeness (QED) is 0.849. The molecule has 21 heavy (non-hydrogen) atoms. The lowest BCUT2D eigenvalue weighted by Gasteiger charge is -2.38. The summed E-state index contributed by atoms with van der Waals surface area (Å²) in [6.07, 6.45) is 1.53. The Balaban J connectivity index is 2.34. The van der Waals surface area contributed by atoms with Gasteiger partial charge in [-0.1, -0.05) is 6.92 Å². The normalized spacial score (nSPS) is 24.1. The summed E-state index contributed by atoms with van der Waals surface area (Å²) in [5.41, 5.74) is -0.0925. The minimum Gasteiger partial charge on any atom is -0.481 e. The van der Waals surface area contributed by atoms with Crippen molar-refractivity contribution in [2.75, 3.05) is 13.1 Å². The van der Waals surface area contributed by atoms with Gasteiger partial charge in [-0.3, -0.25) is 4.79 Å². The predicted octanol–water partition coefficient (Wildman–Crippen LogP) is 3.08. The van der Waals surface area contributed by atoms with Crippen molar-refractivity contribution in [3.8, 4) is 0 Å². The van der Waals surface area contributed by atoms with Crippen molar-refractivity contribution in [3.63, 3.8) is 0 Å². The van der Waals surface area contributed by atoms with Gasteiger partial charge in [0.15, 0.2) is 0 Å². The lowest BCUT2D eigenvalue weighted by molar-refractivity contribution is -0.151. The Bertz CT molecular complexity index is 636. The smallest absolute Gasteiger partial charge is 0.310 e. The van der Waals surface area contributed by atoms with Crippen LogP contribution in [0.5, 0.6) is 0 Å². The maximum Gasteiger partial charge on any atom is 0.310 e. The molecule has 8 heteroatoms. The molecule has 0 amide bonds. The number of rotatable bonds is 4. The van der Waals surface area contributed by atoms with Crippen LogP contribution in [0.15, 0.2) is 14.1 Å². The molecule has 0 spiro atoms. The summed E-state index contributed by atoms with van der Waals surface area (Å²) in [6, 6.07) is 1.63. The summed E-state index contributed by atoms with van der Waals surface area (Å²) >= 11 is 4.50. The summed E-state index contributed by atoms with van der Waals surface area (Å²) in [6.45, 7) is 4.07. The minimum absolute atomic E-state index is 0.0513. The number of sulfonamides is 1. The van der Waals surface area contributed by atoms with Gasteiger partial charge in [-0.2, -0.15) is 4.31 Å². The van der Waals surface area contributed by atoms with Gasteiger partial charge in [-0.05, 0) is 53.7 Å². The highest BCUT2D eigenvalue weighted by atomic mass is 79.9. The first kappa shape index (κ1) is 16.9. The number of carboxylic acids is 1. The van der Waals surface area contributed by atoms with Gasteiger partial charge < -0.3 is 5.11 Å². The molecule has 1 fully saturated rings. The van der Waals surface area contributed by atoms with Crippen LogP contribution in [0.25, 0.3) is 0 Å². The summed E-state index contributed by atoms with van der Waals surface area (Å²) in [7, 11) is -3.62. The van der Waals surface area contributed by atoms with Gasteiger partial charge >= 0.3 is 5.97 Å². The topological polar surface area (TPSA) is 74.7 Å². The third kappa shape index (κ3) is 3.04. The summed E-state index contributed by atoms with van der Waals surface area (Å²) in [4.78, 5) is 11.5. The first-order valence-corrected chi connectivity index (χ1v) is 9.77. The molecule has 0 saturated carbocycles. The van der Waals surface area contributed by atoms with Crippen LogP contribution >= 0.6 is 27.3 Å². The Morgan fingerprint density at radius 2 is 2.24 bits per heavy atom. The van der Waals surface area contributed by atoms with Crippen molar-refractivity contribution in [3.05, 3.63) is 15.4 Å². The molecule has 1 saturated heterocycles. The number of halogens is 1. The van der Waals surface area contributed by atoms with Crippen LogP contribution in [0.2, 0.25) is 0 Å². The molecule has 0 radical (unpaired) electrons. The average Bonchev–Trinajstić information content (AvgIpc) is 2.79. The van der Waals surface area contributed by atoms with Gasteiger partial charge in [0, 0.05) is 13.1 Å². The highest BCUT2D eigenvalue weighted by Crippen LogP contribution is 2.38. The standard InChI is InChI=1S/C13H18BrNO4S2/c1-3-13(12(16)17)5-4-6-15(8-13)21(18,19)10-7-9(2)11(14)20-10/h7H,3-6,8H2,1-2H3,(H,16,17). The molecule has 118 valence electrons. The zero-order valence-electron chi connectivity index (χ0n) is 11.9. The van der Waals surface area contributed by atoms with E-state index in [1.165, 1.54) is 15.6 Å². The van der Waals surface area contributed by atoms with E-state index in [1.807, 2.05) is 6.92 Å². The predicted molar refractivity (Wildman–Crippen MR) is 85.1 cm³/mol. The van der Waals surface area contributed by atoms with E-state index in [-0.39, 0.29) is 10.8 Å². The van der Waals surface area contributed by atoms with Crippen molar-refractivity contribution in [2.45, 2.75) is 37.3 Å². The second-order valence-corrected chi connectivity index (χ2v) is 9.94. The first-order valence-electron chi connectivity index (χ1n) is 6.72. The Morgan fingerprint density at radius 3 is 2.71 bits per heavy atom. The number of aliphatic carboxylic acids is 1. The second kappa shape index (κ2) is 5.98. The molecule has 1 N–H and O–H groups in total. The Kier molecular flexibility index (Phi) is 4.82. The molecule has 1 atom stereocenters. The van der Waals surface area contributed by atoms with E-state index in [2.05, 4.69) is 15.9 Å². The van der Waals surface area contributed by atoms with Crippen molar-refractivity contribution in [1.82, 2.24) is 4.31 Å². The molecule has 0 aromatic carbocycles. The number of piperidine rings is 1. The number of nitrogens with zero attached hydrogens (tertiary/aromatic N) is 1. The largest absolute Gasteiger partial charge is 0.481 e. The second-order valence-electron chi connectivity index (χ2n) is 5.40. The number of aryl methyl sites for hydroxylation is 1. The SMILES string of the molecule is CCC1(C(=O)O)CCCN(S(=O)(=O)c2cc(C)c(Br)s2)C1. The van der Waals surface area contributed by atoms with Crippen LogP contribution in [0.1, 0.15) is 31.7 Å². The van der Waals surface area contributed by atoms with Gasteiger partial charge in [0.25, 0.3) is 10.0 Å². The number of carbonyl (C=O) groups is 1. The van der Waals surface area contributed by atoms with E-state index >= 15 is 0 Å². The molecular weight excluding hydrogens is 378 g/mol. The maximum atomic E-state index is 12.7. The van der Waals surface area contributed by atoms with Gasteiger partial charge in [-0.25, -0.2) is 8.42 Å². The fraction of sp³-hybridized carbons (Fsp3) is 0.615. The molecule has 0 bridgehead atoms. The summed E-state index contributed by atoms with van der Waals surface area (Å²) in [5, 5.41) is 9.46. The Hall–Kier alpha value is -0.440. The molecule has 1 aliphatic heterocycles. The first-order chi connectivity index (χ1) is 9.73. The fourth-order valence-corrected chi connectivity index (χ4v) is 6.54. The number of thiophene rings is 1. The highest BCUT2D eigenvalue weighted by molar-refractivity contribution is 9.11. The summed E-state index contributed by atoms with van der Waals surface area (Å²) < 4.78 is 27.8. The van der Waals surface area contributed by atoms with E-state index in [1.54, 1.807) is 13.0 Å². The lowest BCUT2D eigenvalue weighted by Crippen LogP contribution is -2.49.